The minimum atomic E-state index is -0.597. The molecule has 2 aromatic carbocycles. The summed E-state index contributed by atoms with van der Waals surface area (Å²) < 4.78 is 5.30. The number of hydrogen-bond acceptors (Lipinski definition) is 8. The van der Waals surface area contributed by atoms with Crippen LogP contribution in [-0.4, -0.2) is 34.4 Å². The highest BCUT2D eigenvalue weighted by molar-refractivity contribution is 8.04. The van der Waals surface area contributed by atoms with E-state index in [1.54, 1.807) is 24.3 Å². The first kappa shape index (κ1) is 26.1. The second kappa shape index (κ2) is 11.0. The lowest BCUT2D eigenvalue weighted by atomic mass is 10.1. The molecule has 9 heteroatoms. The van der Waals surface area contributed by atoms with Crippen molar-refractivity contribution in [1.29, 1.82) is 0 Å². The highest BCUT2D eigenvalue weighted by Gasteiger charge is 2.42. The largest absolute Gasteiger partial charge is 0.462 e. The number of rotatable bonds is 8. The Morgan fingerprint density at radius 3 is 2.35 bits per heavy atom. The van der Waals surface area contributed by atoms with E-state index in [9.17, 15) is 14.4 Å². The summed E-state index contributed by atoms with van der Waals surface area (Å²) in [5.41, 5.74) is 4.58. The van der Waals surface area contributed by atoms with Crippen molar-refractivity contribution < 1.29 is 19.1 Å². The fourth-order valence-electron chi connectivity index (χ4n) is 3.97. The molecule has 1 aromatic heterocycles. The Hall–Kier alpha value is -3.98. The number of aryl methyl sites for hydroxylation is 4. The van der Waals surface area contributed by atoms with Crippen LogP contribution in [-0.2, 0) is 14.3 Å². The number of carbonyl (C=O) groups excluding carboxylic acids is 3. The van der Waals surface area contributed by atoms with Crippen molar-refractivity contribution in [1.82, 2.24) is 9.97 Å². The molecule has 0 aliphatic carbocycles. The quantitative estimate of drug-likeness (QED) is 0.246. The van der Waals surface area contributed by atoms with Gasteiger partial charge in [0.1, 0.15) is 10.6 Å². The zero-order valence-electron chi connectivity index (χ0n) is 21.4. The minimum Gasteiger partial charge on any atom is -0.462 e. The van der Waals surface area contributed by atoms with Gasteiger partial charge in [-0.25, -0.2) is 19.7 Å². The number of nitrogens with one attached hydrogen (secondary N) is 1. The molecule has 3 aromatic rings. The summed E-state index contributed by atoms with van der Waals surface area (Å²) in [5.74, 6) is -1.74. The summed E-state index contributed by atoms with van der Waals surface area (Å²) in [6.45, 7) is 9.71. The second-order valence-corrected chi connectivity index (χ2v) is 9.76. The van der Waals surface area contributed by atoms with Crippen LogP contribution in [0, 0.1) is 27.7 Å². The number of esters is 1. The monoisotopic (exact) mass is 516 g/mol. The van der Waals surface area contributed by atoms with Gasteiger partial charge in [0.2, 0.25) is 0 Å². The van der Waals surface area contributed by atoms with Crippen molar-refractivity contribution in [2.24, 2.45) is 0 Å². The van der Waals surface area contributed by atoms with Crippen LogP contribution in [0.15, 0.2) is 64.3 Å². The fourth-order valence-corrected chi connectivity index (χ4v) is 4.95. The number of anilines is 2. The fraction of sp³-hybridized carbons (Fsp3) is 0.250. The molecular formula is C28H28N4O4S. The predicted octanol–water partition coefficient (Wildman–Crippen LogP) is 5.27. The van der Waals surface area contributed by atoms with Crippen LogP contribution in [0.25, 0.3) is 0 Å². The van der Waals surface area contributed by atoms with E-state index in [4.69, 9.17) is 4.74 Å². The first-order chi connectivity index (χ1) is 17.7. The normalized spacial score (nSPS) is 13.4. The van der Waals surface area contributed by atoms with E-state index in [1.807, 2.05) is 58.9 Å². The molecule has 0 spiro atoms. The number of nitrogens with zero attached hydrogens (tertiary/aromatic N) is 3. The number of ether oxygens (including phenoxy) is 1. The van der Waals surface area contributed by atoms with Gasteiger partial charge in [0.25, 0.3) is 11.8 Å². The molecule has 1 aliphatic heterocycles. The first-order valence-corrected chi connectivity index (χ1v) is 12.7. The average molecular weight is 517 g/mol. The molecule has 1 aliphatic rings. The molecule has 0 bridgehead atoms. The number of carbonyl (C=O) groups is 3. The molecule has 0 unspecified atom stereocenters. The van der Waals surface area contributed by atoms with Crippen molar-refractivity contribution in [3.63, 3.8) is 0 Å². The highest BCUT2D eigenvalue weighted by atomic mass is 32.2. The van der Waals surface area contributed by atoms with Gasteiger partial charge in [0, 0.05) is 17.1 Å². The third-order valence-electron chi connectivity index (χ3n) is 5.64. The van der Waals surface area contributed by atoms with Gasteiger partial charge in [-0.2, -0.15) is 0 Å². The number of benzene rings is 2. The van der Waals surface area contributed by atoms with Gasteiger partial charge in [-0.15, -0.1) is 0 Å². The third-order valence-corrected chi connectivity index (χ3v) is 6.59. The minimum absolute atomic E-state index is 0.0986. The molecule has 190 valence electrons. The van der Waals surface area contributed by atoms with Gasteiger partial charge in [-0.3, -0.25) is 9.59 Å². The number of hydrogen-bond donors (Lipinski definition) is 1. The first-order valence-electron chi connectivity index (χ1n) is 11.9. The molecule has 4 rings (SSSR count). The van der Waals surface area contributed by atoms with E-state index in [1.165, 1.54) is 0 Å². The van der Waals surface area contributed by atoms with E-state index in [-0.39, 0.29) is 28.5 Å². The lowest BCUT2D eigenvalue weighted by Gasteiger charge is -2.18. The summed E-state index contributed by atoms with van der Waals surface area (Å²) >= 11 is 1.02. The van der Waals surface area contributed by atoms with Crippen LogP contribution in [0.2, 0.25) is 0 Å². The summed E-state index contributed by atoms with van der Waals surface area (Å²) in [4.78, 5) is 50.4. The average Bonchev–Trinajstić information content (AvgIpc) is 3.07. The van der Waals surface area contributed by atoms with Crippen LogP contribution in [0.5, 0.6) is 0 Å². The maximum atomic E-state index is 13.8. The van der Waals surface area contributed by atoms with E-state index in [0.717, 1.165) is 39.2 Å². The molecule has 1 N–H and O–H groups in total. The summed E-state index contributed by atoms with van der Waals surface area (Å²) in [5, 5.41) is 3.53. The number of imide groups is 1. The van der Waals surface area contributed by atoms with Crippen molar-refractivity contribution in [2.75, 3.05) is 16.8 Å². The second-order valence-electron chi connectivity index (χ2n) is 8.78. The van der Waals surface area contributed by atoms with E-state index < -0.39 is 17.8 Å². The Bertz CT molecular complexity index is 1410. The van der Waals surface area contributed by atoms with Crippen molar-refractivity contribution in [3.8, 4) is 0 Å². The van der Waals surface area contributed by atoms with Crippen LogP contribution >= 0.6 is 11.8 Å². The summed E-state index contributed by atoms with van der Waals surface area (Å²) in [6, 6.07) is 14.1. The van der Waals surface area contributed by atoms with Gasteiger partial charge in [-0.05, 0) is 75.7 Å². The zero-order chi connectivity index (χ0) is 26.7. The van der Waals surface area contributed by atoms with Gasteiger partial charge < -0.3 is 10.1 Å². The third kappa shape index (κ3) is 5.56. The number of amides is 2. The van der Waals surface area contributed by atoms with Crippen molar-refractivity contribution in [3.05, 3.63) is 87.2 Å². The molecule has 2 heterocycles. The molecular weight excluding hydrogens is 488 g/mol. The number of thioether (sulfide) groups is 1. The zero-order valence-corrected chi connectivity index (χ0v) is 22.2. The van der Waals surface area contributed by atoms with Gasteiger partial charge in [-0.1, -0.05) is 36.8 Å². The lowest BCUT2D eigenvalue weighted by molar-refractivity contribution is -0.120. The molecule has 0 fully saturated rings. The van der Waals surface area contributed by atoms with Crippen LogP contribution < -0.4 is 10.2 Å². The molecule has 0 atom stereocenters. The van der Waals surface area contributed by atoms with Crippen molar-refractivity contribution >= 4 is 40.9 Å². The predicted molar refractivity (Wildman–Crippen MR) is 143 cm³/mol. The standard InChI is InChI=1S/C28H28N4O4S/c1-6-13-36-27(35)20-9-7-8-10-22(20)32-25(33)23(31-21-12-11-16(2)14-17(21)3)24(26(32)34)37-28-29-18(4)15-19(5)30-28/h7-12,14-15,31H,6,13H2,1-5H3. The Morgan fingerprint density at radius 1 is 0.973 bits per heavy atom. The topological polar surface area (TPSA) is 101 Å². The molecule has 0 radical (unpaired) electrons. The molecule has 0 saturated heterocycles. The number of aromatic nitrogens is 2. The van der Waals surface area contributed by atoms with Crippen LogP contribution in [0.3, 0.4) is 0 Å². The molecule has 2 amide bonds. The Kier molecular flexibility index (Phi) is 7.73. The summed E-state index contributed by atoms with van der Waals surface area (Å²) in [7, 11) is 0. The maximum Gasteiger partial charge on any atom is 0.340 e. The smallest absolute Gasteiger partial charge is 0.340 e. The molecule has 8 nitrogen and oxygen atoms in total. The van der Waals surface area contributed by atoms with Crippen LogP contribution in [0.4, 0.5) is 11.4 Å². The van der Waals surface area contributed by atoms with Gasteiger partial charge in [0.05, 0.1) is 17.9 Å². The molecule has 37 heavy (non-hydrogen) atoms. The van der Waals surface area contributed by atoms with Gasteiger partial charge >= 0.3 is 5.97 Å². The van der Waals surface area contributed by atoms with E-state index in [0.29, 0.717) is 17.3 Å². The Morgan fingerprint density at radius 2 is 1.68 bits per heavy atom. The lowest BCUT2D eigenvalue weighted by Crippen LogP contribution is -2.34. The Balaban J connectivity index is 1.79. The van der Waals surface area contributed by atoms with E-state index >= 15 is 0 Å². The van der Waals surface area contributed by atoms with Crippen molar-refractivity contribution in [2.45, 2.75) is 46.2 Å². The van der Waals surface area contributed by atoms with E-state index in [2.05, 4.69) is 15.3 Å². The SMILES string of the molecule is CCCOC(=O)c1ccccc1N1C(=O)C(Nc2ccc(C)cc2C)=C(Sc2nc(C)cc(C)n2)C1=O. The molecule has 0 saturated carbocycles. The van der Waals surface area contributed by atoms with Gasteiger partial charge in [0.15, 0.2) is 5.16 Å². The maximum absolute atomic E-state index is 13.8. The Labute approximate surface area is 220 Å². The highest BCUT2D eigenvalue weighted by Crippen LogP contribution is 2.38. The van der Waals surface area contributed by atoms with Crippen LogP contribution in [0.1, 0.15) is 46.2 Å². The number of para-hydroxylation sites is 1. The summed E-state index contributed by atoms with van der Waals surface area (Å²) in [6.07, 6.45) is 0.651.